The molecule has 0 saturated carbocycles. The van der Waals surface area contributed by atoms with Crippen molar-refractivity contribution in [1.29, 1.82) is 0 Å². The van der Waals surface area contributed by atoms with Crippen LogP contribution >= 0.6 is 11.3 Å². The molecule has 0 aromatic carbocycles. The van der Waals surface area contributed by atoms with Gasteiger partial charge >= 0.3 is 0 Å². The topological polar surface area (TPSA) is 32.6 Å². The van der Waals surface area contributed by atoms with Crippen LogP contribution in [0.3, 0.4) is 0 Å². The van der Waals surface area contributed by atoms with Gasteiger partial charge in [-0.15, -0.1) is 11.3 Å². The van der Waals surface area contributed by atoms with E-state index >= 15 is 0 Å². The van der Waals surface area contributed by atoms with E-state index in [1.807, 2.05) is 0 Å². The van der Waals surface area contributed by atoms with Gasteiger partial charge in [-0.25, -0.2) is 4.98 Å². The first-order valence-corrected chi connectivity index (χ1v) is 7.61. The number of anilines is 1. The summed E-state index contributed by atoms with van der Waals surface area (Å²) < 4.78 is 2.23. The maximum absolute atomic E-state index is 4.83. The molecule has 3 heterocycles. The van der Waals surface area contributed by atoms with Gasteiger partial charge in [-0.3, -0.25) is 4.40 Å². The van der Waals surface area contributed by atoms with Crippen molar-refractivity contribution in [3.05, 3.63) is 17.3 Å². The Bertz CT molecular complexity index is 530. The van der Waals surface area contributed by atoms with Gasteiger partial charge in [0.1, 0.15) is 0 Å². The van der Waals surface area contributed by atoms with Gasteiger partial charge in [-0.1, -0.05) is 6.92 Å². The lowest BCUT2D eigenvalue weighted by atomic mass is 10.2. The highest BCUT2D eigenvalue weighted by molar-refractivity contribution is 7.15. The summed E-state index contributed by atoms with van der Waals surface area (Å²) in [5.41, 5.74) is 1.31. The number of nitrogens with zero attached hydrogens (tertiary/aromatic N) is 3. The first-order valence-electron chi connectivity index (χ1n) is 6.73. The predicted molar refractivity (Wildman–Crippen MR) is 76.5 cm³/mol. The molecule has 2 aromatic rings. The Kier molecular flexibility index (Phi) is 3.26. The Morgan fingerprint density at radius 2 is 2.44 bits per heavy atom. The molecule has 0 aliphatic carbocycles. The molecule has 5 heteroatoms. The Morgan fingerprint density at radius 3 is 3.17 bits per heavy atom. The van der Waals surface area contributed by atoms with Gasteiger partial charge in [0.2, 0.25) is 0 Å². The van der Waals surface area contributed by atoms with Crippen molar-refractivity contribution in [3.8, 4) is 0 Å². The summed E-state index contributed by atoms with van der Waals surface area (Å²) in [6.07, 6.45) is 4.70. The monoisotopic (exact) mass is 264 g/mol. The minimum absolute atomic E-state index is 0.620. The van der Waals surface area contributed by atoms with Crippen molar-refractivity contribution in [2.24, 2.45) is 0 Å². The van der Waals surface area contributed by atoms with Crippen LogP contribution in [0.25, 0.3) is 4.96 Å². The second-order valence-electron chi connectivity index (χ2n) is 4.90. The molecule has 1 N–H and O–H groups in total. The normalized spacial score (nSPS) is 20.1. The summed E-state index contributed by atoms with van der Waals surface area (Å²) >= 11 is 1.71. The van der Waals surface area contributed by atoms with E-state index < -0.39 is 0 Å². The number of hydrogen-bond acceptors (Lipinski definition) is 4. The molecule has 0 amide bonds. The molecule has 1 aliphatic heterocycles. The van der Waals surface area contributed by atoms with Crippen molar-refractivity contribution in [2.45, 2.75) is 39.3 Å². The molecule has 1 fully saturated rings. The SMILES string of the molecule is CCNCc1c(N2CCCC2C)nc2sccn12. The maximum atomic E-state index is 4.83. The highest BCUT2D eigenvalue weighted by Crippen LogP contribution is 2.30. The zero-order valence-electron chi connectivity index (χ0n) is 11.0. The molecule has 0 spiro atoms. The van der Waals surface area contributed by atoms with Gasteiger partial charge in [0.05, 0.1) is 5.69 Å². The molecule has 0 radical (unpaired) electrons. The van der Waals surface area contributed by atoms with Crippen LogP contribution in [0.2, 0.25) is 0 Å². The van der Waals surface area contributed by atoms with Crippen LogP contribution in [0.15, 0.2) is 11.6 Å². The van der Waals surface area contributed by atoms with Crippen LogP contribution in [0.5, 0.6) is 0 Å². The summed E-state index contributed by atoms with van der Waals surface area (Å²) in [4.78, 5) is 8.40. The van der Waals surface area contributed by atoms with Gasteiger partial charge < -0.3 is 10.2 Å². The van der Waals surface area contributed by atoms with E-state index in [2.05, 4.69) is 40.0 Å². The zero-order valence-corrected chi connectivity index (χ0v) is 11.8. The number of thiazole rings is 1. The average molecular weight is 264 g/mol. The molecule has 1 atom stereocenters. The number of hydrogen-bond donors (Lipinski definition) is 1. The molecule has 2 aromatic heterocycles. The third kappa shape index (κ3) is 1.91. The Balaban J connectivity index is 2.00. The van der Waals surface area contributed by atoms with Crippen LogP contribution in [-0.4, -0.2) is 28.5 Å². The quantitative estimate of drug-likeness (QED) is 0.921. The van der Waals surface area contributed by atoms with Gasteiger partial charge in [-0.05, 0) is 26.3 Å². The fraction of sp³-hybridized carbons (Fsp3) is 0.615. The Hall–Kier alpha value is -1.07. The van der Waals surface area contributed by atoms with Gasteiger partial charge in [0.25, 0.3) is 0 Å². The summed E-state index contributed by atoms with van der Waals surface area (Å²) in [5.74, 6) is 1.19. The summed E-state index contributed by atoms with van der Waals surface area (Å²) in [6, 6.07) is 0.620. The summed E-state index contributed by atoms with van der Waals surface area (Å²) in [6.45, 7) is 7.48. The molecule has 4 nitrogen and oxygen atoms in total. The second-order valence-corrected chi connectivity index (χ2v) is 5.78. The molecular formula is C13H20N4S. The van der Waals surface area contributed by atoms with Gasteiger partial charge in [0, 0.05) is 30.7 Å². The van der Waals surface area contributed by atoms with Crippen LogP contribution in [0.1, 0.15) is 32.4 Å². The fourth-order valence-corrected chi connectivity index (χ4v) is 3.43. The van der Waals surface area contributed by atoms with Crippen molar-refractivity contribution < 1.29 is 0 Å². The minimum atomic E-state index is 0.620. The number of fused-ring (bicyclic) bond motifs is 1. The van der Waals surface area contributed by atoms with Crippen molar-refractivity contribution in [1.82, 2.24) is 14.7 Å². The summed E-state index contributed by atoms with van der Waals surface area (Å²) in [5, 5.41) is 5.53. The lowest BCUT2D eigenvalue weighted by Gasteiger charge is -2.22. The van der Waals surface area contributed by atoms with Gasteiger partial charge in [0.15, 0.2) is 10.8 Å². The number of rotatable bonds is 4. The van der Waals surface area contributed by atoms with E-state index in [9.17, 15) is 0 Å². The molecule has 98 valence electrons. The third-order valence-corrected chi connectivity index (χ3v) is 4.46. The van der Waals surface area contributed by atoms with Crippen molar-refractivity contribution >= 4 is 22.1 Å². The average Bonchev–Trinajstić information content (AvgIpc) is 3.01. The standard InChI is InChI=1S/C13H20N4S/c1-3-14-9-11-12(16-6-4-5-10(16)2)15-13-17(11)7-8-18-13/h7-8,10,14H,3-6,9H2,1-2H3. The molecule has 1 unspecified atom stereocenters. The molecular weight excluding hydrogens is 244 g/mol. The van der Waals surface area contributed by atoms with E-state index in [1.165, 1.54) is 24.4 Å². The highest BCUT2D eigenvalue weighted by Gasteiger charge is 2.26. The van der Waals surface area contributed by atoms with Crippen LogP contribution in [0, 0.1) is 0 Å². The van der Waals surface area contributed by atoms with Crippen molar-refractivity contribution in [2.75, 3.05) is 18.0 Å². The zero-order chi connectivity index (χ0) is 12.5. The molecule has 3 rings (SSSR count). The fourth-order valence-electron chi connectivity index (χ4n) is 2.71. The van der Waals surface area contributed by atoms with E-state index in [1.54, 1.807) is 11.3 Å². The largest absolute Gasteiger partial charge is 0.352 e. The number of nitrogens with one attached hydrogen (secondary N) is 1. The van der Waals surface area contributed by atoms with Crippen LogP contribution in [0.4, 0.5) is 5.82 Å². The van der Waals surface area contributed by atoms with Crippen molar-refractivity contribution in [3.63, 3.8) is 0 Å². The van der Waals surface area contributed by atoms with E-state index in [-0.39, 0.29) is 0 Å². The molecule has 1 aliphatic rings. The second kappa shape index (κ2) is 4.90. The first kappa shape index (κ1) is 12.0. The lowest BCUT2D eigenvalue weighted by molar-refractivity contribution is 0.688. The Labute approximate surface area is 112 Å². The smallest absolute Gasteiger partial charge is 0.195 e. The highest BCUT2D eigenvalue weighted by atomic mass is 32.1. The van der Waals surface area contributed by atoms with Crippen LogP contribution < -0.4 is 10.2 Å². The van der Waals surface area contributed by atoms with E-state index in [0.717, 1.165) is 24.6 Å². The minimum Gasteiger partial charge on any atom is -0.352 e. The van der Waals surface area contributed by atoms with Gasteiger partial charge in [-0.2, -0.15) is 0 Å². The Morgan fingerprint density at radius 1 is 1.56 bits per heavy atom. The predicted octanol–water partition coefficient (Wildman–Crippen LogP) is 2.49. The number of aromatic nitrogens is 2. The van der Waals surface area contributed by atoms with E-state index in [4.69, 9.17) is 4.98 Å². The molecule has 1 saturated heterocycles. The lowest BCUT2D eigenvalue weighted by Crippen LogP contribution is -2.28. The molecule has 18 heavy (non-hydrogen) atoms. The van der Waals surface area contributed by atoms with E-state index in [0.29, 0.717) is 6.04 Å². The van der Waals surface area contributed by atoms with Crippen LogP contribution in [-0.2, 0) is 6.54 Å². The molecule has 0 bridgehead atoms. The maximum Gasteiger partial charge on any atom is 0.195 e. The first-order chi connectivity index (χ1) is 8.81. The summed E-state index contributed by atoms with van der Waals surface area (Å²) in [7, 11) is 0. The third-order valence-electron chi connectivity index (χ3n) is 3.71. The number of imidazole rings is 1.